The largest absolute Gasteiger partial charge is 0.542 e. The fraction of sp³-hybridized carbons (Fsp3) is 0.625. The molecule has 0 N–H and O–H groups in total. The summed E-state index contributed by atoms with van der Waals surface area (Å²) in [6.45, 7) is 17.3. The Hall–Kier alpha value is -1.16. The molecule has 0 atom stereocenters. The maximum atomic E-state index is 11.0. The number of aromatic nitrogens is 1. The minimum atomic E-state index is -1.95. The molecule has 112 valence electrons. The van der Waals surface area contributed by atoms with Gasteiger partial charge in [0.25, 0.3) is 8.32 Å². The topological polar surface area (TPSA) is 39.2 Å². The van der Waals surface area contributed by atoms with Crippen LogP contribution in [0.3, 0.4) is 0 Å². The Morgan fingerprint density at radius 3 is 2.10 bits per heavy atom. The van der Waals surface area contributed by atoms with Crippen molar-refractivity contribution in [2.24, 2.45) is 0 Å². The number of hydrogen-bond donors (Lipinski definition) is 0. The lowest BCUT2D eigenvalue weighted by Gasteiger charge is -2.37. The first-order chi connectivity index (χ1) is 8.88. The summed E-state index contributed by atoms with van der Waals surface area (Å²) in [5.74, 6) is 0.758. The van der Waals surface area contributed by atoms with E-state index < -0.39 is 8.32 Å². The van der Waals surface area contributed by atoms with Crippen LogP contribution < -0.4 is 4.43 Å². The van der Waals surface area contributed by atoms with Crippen LogP contribution in [-0.4, -0.2) is 19.6 Å². The Balaban J connectivity index is 3.32. The van der Waals surface area contributed by atoms with Gasteiger partial charge >= 0.3 is 0 Å². The molecule has 0 fully saturated rings. The van der Waals surface area contributed by atoms with E-state index >= 15 is 0 Å². The molecule has 0 unspecified atom stereocenters. The van der Waals surface area contributed by atoms with Crippen LogP contribution >= 0.6 is 0 Å². The van der Waals surface area contributed by atoms with Crippen molar-refractivity contribution in [2.75, 3.05) is 0 Å². The molecule has 1 rings (SSSR count). The molecular weight excluding hydrogens is 266 g/mol. The maximum Gasteiger partial charge on any atom is 0.250 e. The molecule has 1 aromatic rings. The van der Waals surface area contributed by atoms with E-state index in [0.717, 1.165) is 17.7 Å². The van der Waals surface area contributed by atoms with E-state index in [0.29, 0.717) is 5.56 Å². The van der Waals surface area contributed by atoms with Crippen LogP contribution in [0.25, 0.3) is 0 Å². The van der Waals surface area contributed by atoms with Crippen molar-refractivity contribution in [2.45, 2.75) is 65.1 Å². The first-order valence-electron chi connectivity index (χ1n) is 7.03. The smallest absolute Gasteiger partial charge is 0.250 e. The second-order valence-corrected chi connectivity index (χ2v) is 12.6. The molecule has 0 aliphatic heterocycles. The first-order valence-corrected chi connectivity index (χ1v) is 9.94. The van der Waals surface area contributed by atoms with E-state index in [-0.39, 0.29) is 10.5 Å². The zero-order valence-corrected chi connectivity index (χ0v) is 15.0. The summed E-state index contributed by atoms with van der Waals surface area (Å²) in [5, 5.41) is 0.110. The third-order valence-corrected chi connectivity index (χ3v) is 8.23. The molecule has 0 bridgehead atoms. The molecule has 20 heavy (non-hydrogen) atoms. The minimum Gasteiger partial charge on any atom is -0.542 e. The molecule has 0 saturated carbocycles. The Bertz CT molecular complexity index is 496. The molecule has 0 spiro atoms. The number of pyridine rings is 1. The van der Waals surface area contributed by atoms with Crippen molar-refractivity contribution in [3.05, 3.63) is 23.5 Å². The average molecular weight is 293 g/mol. The van der Waals surface area contributed by atoms with E-state index in [4.69, 9.17) is 4.43 Å². The van der Waals surface area contributed by atoms with Gasteiger partial charge in [0.1, 0.15) is 5.75 Å². The van der Waals surface area contributed by atoms with E-state index in [2.05, 4.69) is 59.6 Å². The van der Waals surface area contributed by atoms with Gasteiger partial charge in [-0.15, -0.1) is 0 Å². The van der Waals surface area contributed by atoms with Crippen LogP contribution in [0.5, 0.6) is 5.75 Å². The summed E-state index contributed by atoms with van der Waals surface area (Å²) in [5.41, 5.74) is 1.36. The Labute approximate surface area is 123 Å². The van der Waals surface area contributed by atoms with Gasteiger partial charge in [-0.2, -0.15) is 0 Å². The molecule has 0 radical (unpaired) electrons. The van der Waals surface area contributed by atoms with Crippen LogP contribution in [0.4, 0.5) is 0 Å². The quantitative estimate of drug-likeness (QED) is 0.605. The lowest BCUT2D eigenvalue weighted by atomic mass is 9.91. The third-order valence-electron chi connectivity index (χ3n) is 3.89. The number of nitrogens with zero attached hydrogens (tertiary/aromatic N) is 1. The second kappa shape index (κ2) is 5.32. The van der Waals surface area contributed by atoms with Gasteiger partial charge in [0.15, 0.2) is 6.29 Å². The number of hydrogen-bond acceptors (Lipinski definition) is 3. The molecule has 0 amide bonds. The lowest BCUT2D eigenvalue weighted by molar-refractivity contribution is 0.112. The van der Waals surface area contributed by atoms with E-state index in [1.54, 1.807) is 6.20 Å². The van der Waals surface area contributed by atoms with Crippen LogP contribution in [0, 0.1) is 0 Å². The third kappa shape index (κ3) is 3.69. The lowest BCUT2D eigenvalue weighted by Crippen LogP contribution is -2.44. The Morgan fingerprint density at radius 1 is 1.15 bits per heavy atom. The average Bonchev–Trinajstić information content (AvgIpc) is 2.25. The van der Waals surface area contributed by atoms with E-state index in [1.807, 2.05) is 6.07 Å². The summed E-state index contributed by atoms with van der Waals surface area (Å²) >= 11 is 0. The Kier molecular flexibility index (Phi) is 4.49. The fourth-order valence-corrected chi connectivity index (χ4v) is 2.60. The molecule has 0 aliphatic carbocycles. The molecule has 4 heteroatoms. The second-order valence-electron chi connectivity index (χ2n) is 7.85. The van der Waals surface area contributed by atoms with Gasteiger partial charge in [0, 0.05) is 17.2 Å². The van der Waals surface area contributed by atoms with Gasteiger partial charge in [0.05, 0.1) is 5.69 Å². The first kappa shape index (κ1) is 16.9. The highest BCUT2D eigenvalue weighted by molar-refractivity contribution is 6.74. The number of rotatable bonds is 3. The van der Waals surface area contributed by atoms with Gasteiger partial charge in [-0.1, -0.05) is 41.5 Å². The maximum absolute atomic E-state index is 11.0. The number of aldehydes is 1. The van der Waals surface area contributed by atoms with Gasteiger partial charge in [0.2, 0.25) is 0 Å². The summed E-state index contributed by atoms with van der Waals surface area (Å²) in [6, 6.07) is 1.82. The van der Waals surface area contributed by atoms with Crippen molar-refractivity contribution in [1.82, 2.24) is 4.98 Å². The van der Waals surface area contributed by atoms with E-state index in [9.17, 15) is 4.79 Å². The standard InChI is InChI=1S/C16H27NO2Si/c1-15(2,3)14-13(9-12(11-18)10-17-14)19-20(7,8)16(4,5)6/h9-11H,1-8H3. The minimum absolute atomic E-state index is 0.110. The fourth-order valence-electron chi connectivity index (χ4n) is 1.59. The van der Waals surface area contributed by atoms with Gasteiger partial charge in [-0.25, -0.2) is 0 Å². The van der Waals surface area contributed by atoms with Crippen molar-refractivity contribution >= 4 is 14.6 Å². The van der Waals surface area contributed by atoms with Crippen LogP contribution in [-0.2, 0) is 5.41 Å². The number of carbonyl (C=O) groups excluding carboxylic acids is 1. The van der Waals surface area contributed by atoms with Crippen LogP contribution in [0.1, 0.15) is 57.6 Å². The normalized spacial score (nSPS) is 13.2. The SMILES string of the molecule is CC(C)(C)c1ncc(C=O)cc1O[Si](C)(C)C(C)(C)C. The summed E-state index contributed by atoms with van der Waals surface area (Å²) in [7, 11) is -1.95. The highest BCUT2D eigenvalue weighted by Gasteiger charge is 2.40. The summed E-state index contributed by atoms with van der Waals surface area (Å²) in [6.07, 6.45) is 2.43. The van der Waals surface area contributed by atoms with Crippen LogP contribution in [0.15, 0.2) is 12.3 Å². The Morgan fingerprint density at radius 2 is 1.70 bits per heavy atom. The monoisotopic (exact) mass is 293 g/mol. The number of carbonyl (C=O) groups is 1. The zero-order chi connectivity index (χ0) is 15.8. The van der Waals surface area contributed by atoms with Crippen molar-refractivity contribution < 1.29 is 9.22 Å². The molecule has 3 nitrogen and oxygen atoms in total. The summed E-state index contributed by atoms with van der Waals surface area (Å²) < 4.78 is 6.38. The van der Waals surface area contributed by atoms with Crippen molar-refractivity contribution in [3.63, 3.8) is 0 Å². The molecule has 1 heterocycles. The zero-order valence-electron chi connectivity index (χ0n) is 14.0. The summed E-state index contributed by atoms with van der Waals surface area (Å²) in [4.78, 5) is 15.5. The molecule has 0 aliphatic rings. The van der Waals surface area contributed by atoms with Gasteiger partial charge in [-0.05, 0) is 24.2 Å². The molecule has 0 aromatic carbocycles. The van der Waals surface area contributed by atoms with Gasteiger partial charge < -0.3 is 4.43 Å². The highest BCUT2D eigenvalue weighted by atomic mass is 28.4. The highest BCUT2D eigenvalue weighted by Crippen LogP contribution is 2.39. The molecular formula is C16H27NO2Si. The van der Waals surface area contributed by atoms with Crippen molar-refractivity contribution in [1.29, 1.82) is 0 Å². The molecule has 1 aromatic heterocycles. The van der Waals surface area contributed by atoms with Crippen LogP contribution in [0.2, 0.25) is 18.1 Å². The predicted molar refractivity (Wildman–Crippen MR) is 86.1 cm³/mol. The predicted octanol–water partition coefficient (Wildman–Crippen LogP) is 4.58. The van der Waals surface area contributed by atoms with Crippen molar-refractivity contribution in [3.8, 4) is 5.75 Å². The van der Waals surface area contributed by atoms with Gasteiger partial charge in [-0.3, -0.25) is 9.78 Å². The molecule has 0 saturated heterocycles. The van der Waals surface area contributed by atoms with E-state index in [1.165, 1.54) is 0 Å².